The molecular weight excluding hydrogens is 434 g/mol. The Morgan fingerprint density at radius 1 is 0.844 bits per heavy atom. The summed E-state index contributed by atoms with van der Waals surface area (Å²) in [6, 6.07) is 0. The fourth-order valence-electron chi connectivity index (χ4n) is 2.80. The van der Waals surface area contributed by atoms with Crippen LogP contribution in [-0.2, 0) is 52.3 Å². The molecule has 0 spiro atoms. The highest BCUT2D eigenvalue weighted by Crippen LogP contribution is 2.29. The Bertz CT molecular complexity index is 710. The van der Waals surface area contributed by atoms with Crippen LogP contribution in [0, 0.1) is 0 Å². The zero-order valence-electron chi connectivity index (χ0n) is 18.3. The summed E-state index contributed by atoms with van der Waals surface area (Å²) < 4.78 is 37.3. The van der Waals surface area contributed by atoms with Crippen molar-refractivity contribution >= 4 is 23.9 Å². The van der Waals surface area contributed by atoms with E-state index in [1.807, 2.05) is 0 Å². The van der Waals surface area contributed by atoms with Gasteiger partial charge in [0.05, 0.1) is 19.8 Å². The van der Waals surface area contributed by atoms with E-state index in [-0.39, 0.29) is 33.0 Å². The first-order chi connectivity index (χ1) is 15.1. The maximum absolute atomic E-state index is 11.7. The molecule has 1 fully saturated rings. The van der Waals surface area contributed by atoms with Gasteiger partial charge in [0, 0.05) is 39.2 Å². The molecule has 180 valence electrons. The maximum atomic E-state index is 11.7. The number of carbonyl (C=O) groups excluding carboxylic acids is 4. The predicted octanol–water partition coefficient (Wildman–Crippen LogP) is 0.413. The first kappa shape index (κ1) is 27.1. The van der Waals surface area contributed by atoms with E-state index in [1.54, 1.807) is 0 Å². The fraction of sp³-hybridized carbons (Fsp3) is 0.778. The summed E-state index contributed by atoms with van der Waals surface area (Å²) in [5, 5.41) is 3.32. The van der Waals surface area contributed by atoms with Crippen LogP contribution in [0.1, 0.15) is 27.7 Å². The molecule has 0 unspecified atom stereocenters. The van der Waals surface area contributed by atoms with E-state index in [0.717, 1.165) is 20.8 Å². The van der Waals surface area contributed by atoms with Crippen molar-refractivity contribution in [3.05, 3.63) is 10.4 Å². The number of nitrogens with zero attached hydrogens (tertiary/aromatic N) is 3. The number of ether oxygens (including phenoxy) is 7. The van der Waals surface area contributed by atoms with Crippen LogP contribution in [0.5, 0.6) is 0 Å². The molecule has 0 amide bonds. The van der Waals surface area contributed by atoms with Gasteiger partial charge in [-0.15, -0.1) is 0 Å². The molecule has 0 aliphatic carbocycles. The van der Waals surface area contributed by atoms with E-state index in [4.69, 9.17) is 38.7 Å². The smallest absolute Gasteiger partial charge is 0.303 e. The van der Waals surface area contributed by atoms with E-state index in [0.29, 0.717) is 0 Å². The SMILES string of the molecule is CC(=O)OC[C@H]1O[C@H](OCCOCCN=[N+]=[N-])[C@H](OC(C)=O)[C@@H](OC(C)=O)[C@H]1OC(C)=O. The van der Waals surface area contributed by atoms with E-state index in [2.05, 4.69) is 10.0 Å². The van der Waals surface area contributed by atoms with Crippen molar-refractivity contribution < 1.29 is 52.3 Å². The first-order valence-corrected chi connectivity index (χ1v) is 9.66. The molecule has 1 saturated heterocycles. The number of carbonyl (C=O) groups is 4. The van der Waals surface area contributed by atoms with Gasteiger partial charge in [-0.3, -0.25) is 19.2 Å². The van der Waals surface area contributed by atoms with Gasteiger partial charge in [0.25, 0.3) is 0 Å². The average molecular weight is 461 g/mol. The highest BCUT2D eigenvalue weighted by molar-refractivity contribution is 5.68. The van der Waals surface area contributed by atoms with Gasteiger partial charge in [-0.2, -0.15) is 0 Å². The van der Waals surface area contributed by atoms with Gasteiger partial charge < -0.3 is 33.2 Å². The lowest BCUT2D eigenvalue weighted by atomic mass is 9.98. The summed E-state index contributed by atoms with van der Waals surface area (Å²) in [6.45, 7) is 4.55. The Balaban J connectivity index is 3.05. The minimum atomic E-state index is -1.30. The standard InChI is InChI=1S/C18H27N3O11/c1-10(22)28-9-14-15(29-11(2)23)16(30-12(3)24)17(31-13(4)25)18(32-14)27-8-7-26-6-5-20-21-19/h14-18H,5-9H2,1-4H3/t14-,15+,16+,17-,18+/m1/s1. The van der Waals surface area contributed by atoms with Gasteiger partial charge in [0.15, 0.2) is 24.6 Å². The van der Waals surface area contributed by atoms with Gasteiger partial charge in [0.2, 0.25) is 0 Å². The Hall–Kier alpha value is -2.93. The largest absolute Gasteiger partial charge is 0.463 e. The maximum Gasteiger partial charge on any atom is 0.303 e. The van der Waals surface area contributed by atoms with E-state index in [9.17, 15) is 19.2 Å². The molecule has 0 radical (unpaired) electrons. The van der Waals surface area contributed by atoms with Crippen molar-refractivity contribution in [3.8, 4) is 0 Å². The molecule has 0 aromatic heterocycles. The quantitative estimate of drug-likeness (QED) is 0.0980. The van der Waals surface area contributed by atoms with Gasteiger partial charge >= 0.3 is 23.9 Å². The zero-order chi connectivity index (χ0) is 24.1. The Kier molecular flexibility index (Phi) is 12.0. The molecule has 1 rings (SSSR count). The van der Waals surface area contributed by atoms with Crippen molar-refractivity contribution in [2.75, 3.05) is 33.0 Å². The van der Waals surface area contributed by atoms with Crippen molar-refractivity contribution in [1.29, 1.82) is 0 Å². The fourth-order valence-corrected chi connectivity index (χ4v) is 2.80. The van der Waals surface area contributed by atoms with E-state index < -0.39 is 54.6 Å². The number of esters is 4. The van der Waals surface area contributed by atoms with Crippen molar-refractivity contribution in [2.45, 2.75) is 58.4 Å². The molecular formula is C18H27N3O11. The second kappa shape index (κ2) is 14.2. The average Bonchev–Trinajstić information content (AvgIpc) is 2.68. The number of hydrogen-bond donors (Lipinski definition) is 0. The van der Waals surface area contributed by atoms with Gasteiger partial charge in [0.1, 0.15) is 12.7 Å². The van der Waals surface area contributed by atoms with Crippen LogP contribution in [0.2, 0.25) is 0 Å². The van der Waals surface area contributed by atoms with E-state index >= 15 is 0 Å². The van der Waals surface area contributed by atoms with Crippen LogP contribution in [0.25, 0.3) is 10.4 Å². The third-order valence-corrected chi connectivity index (χ3v) is 3.86. The lowest BCUT2D eigenvalue weighted by Crippen LogP contribution is -2.63. The molecule has 0 aromatic rings. The summed E-state index contributed by atoms with van der Waals surface area (Å²) in [4.78, 5) is 48.9. The van der Waals surface area contributed by atoms with Crippen molar-refractivity contribution in [1.82, 2.24) is 0 Å². The number of azide groups is 1. The molecule has 32 heavy (non-hydrogen) atoms. The van der Waals surface area contributed by atoms with Crippen LogP contribution in [0.15, 0.2) is 5.11 Å². The molecule has 5 atom stereocenters. The lowest BCUT2D eigenvalue weighted by Gasteiger charge is -2.44. The number of rotatable bonds is 12. The molecule has 1 aliphatic heterocycles. The Morgan fingerprint density at radius 3 is 2.00 bits per heavy atom. The second-order valence-electron chi connectivity index (χ2n) is 6.51. The first-order valence-electron chi connectivity index (χ1n) is 9.66. The summed E-state index contributed by atoms with van der Waals surface area (Å²) in [5.74, 6) is -2.81. The molecule has 14 heteroatoms. The second-order valence-corrected chi connectivity index (χ2v) is 6.51. The van der Waals surface area contributed by atoms with E-state index in [1.165, 1.54) is 6.92 Å². The van der Waals surface area contributed by atoms with Gasteiger partial charge in [-0.25, -0.2) is 0 Å². The topological polar surface area (TPSA) is 182 Å². The monoisotopic (exact) mass is 461 g/mol. The molecule has 0 N–H and O–H groups in total. The number of hydrogen-bond acceptors (Lipinski definition) is 12. The van der Waals surface area contributed by atoms with Crippen LogP contribution in [-0.4, -0.2) is 87.6 Å². The molecule has 0 aromatic carbocycles. The third kappa shape index (κ3) is 9.92. The lowest BCUT2D eigenvalue weighted by molar-refractivity contribution is -0.309. The summed E-state index contributed by atoms with van der Waals surface area (Å²) in [7, 11) is 0. The van der Waals surface area contributed by atoms with Crippen LogP contribution >= 0.6 is 0 Å². The minimum absolute atomic E-state index is 0.0377. The van der Waals surface area contributed by atoms with Crippen LogP contribution < -0.4 is 0 Å². The molecule has 0 bridgehead atoms. The molecule has 1 heterocycles. The Morgan fingerprint density at radius 2 is 1.44 bits per heavy atom. The zero-order valence-corrected chi connectivity index (χ0v) is 18.3. The summed E-state index contributed by atoms with van der Waals surface area (Å²) in [5.41, 5.74) is 8.23. The van der Waals surface area contributed by atoms with Crippen molar-refractivity contribution in [3.63, 3.8) is 0 Å². The summed E-state index contributed by atoms with van der Waals surface area (Å²) >= 11 is 0. The van der Waals surface area contributed by atoms with Crippen molar-refractivity contribution in [2.24, 2.45) is 5.11 Å². The van der Waals surface area contributed by atoms with Crippen LogP contribution in [0.3, 0.4) is 0 Å². The van der Waals surface area contributed by atoms with Gasteiger partial charge in [-0.1, -0.05) is 5.11 Å². The van der Waals surface area contributed by atoms with Gasteiger partial charge in [-0.05, 0) is 5.53 Å². The Labute approximate surface area is 184 Å². The normalized spacial score (nSPS) is 24.6. The van der Waals surface area contributed by atoms with Crippen LogP contribution in [0.4, 0.5) is 0 Å². The highest BCUT2D eigenvalue weighted by Gasteiger charge is 2.52. The molecule has 1 aliphatic rings. The predicted molar refractivity (Wildman–Crippen MR) is 103 cm³/mol. The molecule has 0 saturated carbocycles. The molecule has 14 nitrogen and oxygen atoms in total. The highest BCUT2D eigenvalue weighted by atomic mass is 16.7. The summed E-state index contributed by atoms with van der Waals surface area (Å²) in [6.07, 6.45) is -6.20. The third-order valence-electron chi connectivity index (χ3n) is 3.86. The minimum Gasteiger partial charge on any atom is -0.463 e.